The van der Waals surface area contributed by atoms with Crippen LogP contribution in [0, 0.1) is 13.8 Å². The first-order valence-corrected chi connectivity index (χ1v) is 10.5. The van der Waals surface area contributed by atoms with Crippen molar-refractivity contribution < 1.29 is 14.6 Å². The molecule has 164 valence electrons. The van der Waals surface area contributed by atoms with E-state index in [4.69, 9.17) is 21.1 Å². The van der Waals surface area contributed by atoms with E-state index in [1.807, 2.05) is 56.3 Å². The Morgan fingerprint density at radius 1 is 1.00 bits per heavy atom. The summed E-state index contributed by atoms with van der Waals surface area (Å²) in [5, 5.41) is 15.9. The van der Waals surface area contributed by atoms with Gasteiger partial charge in [-0.25, -0.2) is 9.97 Å². The van der Waals surface area contributed by atoms with E-state index in [9.17, 15) is 5.11 Å². The minimum absolute atomic E-state index is 0.0993. The van der Waals surface area contributed by atoms with Crippen molar-refractivity contribution in [3.8, 4) is 17.2 Å². The Balaban J connectivity index is 1.92. The fourth-order valence-corrected chi connectivity index (χ4v) is 4.02. The first kappa shape index (κ1) is 21.7. The number of halogens is 1. The van der Waals surface area contributed by atoms with Crippen molar-refractivity contribution >= 4 is 28.3 Å². The maximum absolute atomic E-state index is 11.2. The highest BCUT2D eigenvalue weighted by molar-refractivity contribution is 6.32. The zero-order valence-electron chi connectivity index (χ0n) is 18.3. The third-order valence-electron chi connectivity index (χ3n) is 5.31. The molecule has 0 saturated carbocycles. The number of ether oxygens (including phenoxy) is 2. The largest absolute Gasteiger partial charge is 0.505 e. The van der Waals surface area contributed by atoms with Crippen LogP contribution >= 0.6 is 11.6 Å². The Labute approximate surface area is 191 Å². The van der Waals surface area contributed by atoms with Gasteiger partial charge in [0.25, 0.3) is 0 Å². The molecule has 2 aromatic heterocycles. The van der Waals surface area contributed by atoms with Crippen LogP contribution < -0.4 is 14.8 Å². The number of phenols is 1. The summed E-state index contributed by atoms with van der Waals surface area (Å²) in [7, 11) is 3.10. The van der Waals surface area contributed by atoms with Crippen molar-refractivity contribution in [1.82, 2.24) is 9.97 Å². The van der Waals surface area contributed by atoms with E-state index in [0.717, 1.165) is 22.2 Å². The van der Waals surface area contributed by atoms with E-state index in [1.165, 1.54) is 0 Å². The number of aromatic hydroxyl groups is 1. The minimum atomic E-state index is -0.478. The number of pyridine rings is 2. The summed E-state index contributed by atoms with van der Waals surface area (Å²) >= 11 is 6.51. The van der Waals surface area contributed by atoms with Gasteiger partial charge in [-0.3, -0.25) is 0 Å². The molecule has 1 unspecified atom stereocenters. The van der Waals surface area contributed by atoms with Crippen LogP contribution in [0.4, 0.5) is 5.82 Å². The molecule has 7 heteroatoms. The van der Waals surface area contributed by atoms with Crippen molar-refractivity contribution in [2.75, 3.05) is 19.5 Å². The maximum Gasteiger partial charge on any atom is 0.179 e. The number of hydrogen-bond acceptors (Lipinski definition) is 6. The van der Waals surface area contributed by atoms with Crippen LogP contribution in [0.3, 0.4) is 0 Å². The topological polar surface area (TPSA) is 76.5 Å². The van der Waals surface area contributed by atoms with Crippen LogP contribution in [-0.4, -0.2) is 29.3 Å². The molecule has 4 rings (SSSR count). The molecule has 6 nitrogen and oxygen atoms in total. The number of aromatic nitrogens is 2. The second-order valence-electron chi connectivity index (χ2n) is 7.56. The highest BCUT2D eigenvalue weighted by Crippen LogP contribution is 2.42. The Morgan fingerprint density at radius 2 is 1.78 bits per heavy atom. The molecule has 0 amide bonds. The summed E-state index contributed by atoms with van der Waals surface area (Å²) in [6.45, 7) is 3.89. The van der Waals surface area contributed by atoms with E-state index in [0.29, 0.717) is 33.4 Å². The number of nitrogens with one attached hydrogen (secondary N) is 1. The number of fused-ring (bicyclic) bond motifs is 1. The SMILES string of the molecule is COc1cc(C(Nc2cc(C)ccn2)c2ccc3ccc(C)nc3c2O)cc(Cl)c1OC. The molecule has 0 aliphatic rings. The highest BCUT2D eigenvalue weighted by atomic mass is 35.5. The zero-order chi connectivity index (χ0) is 22.8. The molecule has 0 aliphatic heterocycles. The van der Waals surface area contributed by atoms with Gasteiger partial charge in [0.1, 0.15) is 17.1 Å². The standard InChI is InChI=1S/C25H24ClN3O3/c1-14-9-10-27-21(11-14)29-22(17-12-19(26)25(32-4)20(13-17)31-3)18-8-7-16-6-5-15(2)28-23(16)24(18)30/h5-13,22,30H,1-4H3,(H,27,29). The number of anilines is 1. The van der Waals surface area contributed by atoms with Gasteiger partial charge in [-0.05, 0) is 55.3 Å². The van der Waals surface area contributed by atoms with Gasteiger partial charge in [-0.2, -0.15) is 0 Å². The van der Waals surface area contributed by atoms with Crippen LogP contribution in [-0.2, 0) is 0 Å². The number of hydrogen-bond donors (Lipinski definition) is 2. The fraction of sp³-hybridized carbons (Fsp3) is 0.200. The molecule has 0 spiro atoms. The lowest BCUT2D eigenvalue weighted by Gasteiger charge is -2.23. The van der Waals surface area contributed by atoms with E-state index in [1.54, 1.807) is 26.5 Å². The summed E-state index contributed by atoms with van der Waals surface area (Å²) in [5.74, 6) is 1.71. The molecule has 0 aliphatic carbocycles. The summed E-state index contributed by atoms with van der Waals surface area (Å²) in [6, 6.07) is 14.7. The van der Waals surface area contributed by atoms with Crippen LogP contribution in [0.2, 0.25) is 5.02 Å². The molecule has 2 heterocycles. The predicted octanol–water partition coefficient (Wildman–Crippen LogP) is 5.82. The average Bonchev–Trinajstić information content (AvgIpc) is 2.78. The van der Waals surface area contributed by atoms with Crippen molar-refractivity contribution in [2.45, 2.75) is 19.9 Å². The van der Waals surface area contributed by atoms with E-state index >= 15 is 0 Å². The van der Waals surface area contributed by atoms with E-state index in [2.05, 4.69) is 15.3 Å². The summed E-state index contributed by atoms with van der Waals surface area (Å²) in [6.07, 6.45) is 1.74. The summed E-state index contributed by atoms with van der Waals surface area (Å²) in [5.41, 5.74) is 3.84. The second-order valence-corrected chi connectivity index (χ2v) is 7.97. The van der Waals surface area contributed by atoms with Crippen LogP contribution in [0.25, 0.3) is 10.9 Å². The Hall–Kier alpha value is -3.51. The van der Waals surface area contributed by atoms with Gasteiger partial charge in [-0.15, -0.1) is 0 Å². The number of aryl methyl sites for hydroxylation is 2. The lowest BCUT2D eigenvalue weighted by atomic mass is 9.95. The van der Waals surface area contributed by atoms with Crippen molar-refractivity contribution in [2.24, 2.45) is 0 Å². The molecule has 4 aromatic rings. The molecule has 0 radical (unpaired) electrons. The third kappa shape index (κ3) is 4.14. The third-order valence-corrected chi connectivity index (χ3v) is 5.59. The molecule has 1 atom stereocenters. The first-order chi connectivity index (χ1) is 15.4. The van der Waals surface area contributed by atoms with Crippen molar-refractivity contribution in [3.63, 3.8) is 0 Å². The molecule has 0 fully saturated rings. The maximum atomic E-state index is 11.2. The lowest BCUT2D eigenvalue weighted by Crippen LogP contribution is -2.14. The lowest BCUT2D eigenvalue weighted by molar-refractivity contribution is 0.354. The molecule has 0 bridgehead atoms. The van der Waals surface area contributed by atoms with Crippen molar-refractivity contribution in [1.29, 1.82) is 0 Å². The molecule has 2 N–H and O–H groups in total. The highest BCUT2D eigenvalue weighted by Gasteiger charge is 2.23. The Kier molecular flexibility index (Phi) is 6.06. The number of nitrogens with zero attached hydrogens (tertiary/aromatic N) is 2. The van der Waals surface area contributed by atoms with Gasteiger partial charge in [0, 0.05) is 22.8 Å². The number of rotatable bonds is 6. The Morgan fingerprint density at radius 3 is 2.50 bits per heavy atom. The summed E-state index contributed by atoms with van der Waals surface area (Å²) < 4.78 is 10.9. The number of phenolic OH excluding ortho intramolecular Hbond substituents is 1. The average molecular weight is 450 g/mol. The quantitative estimate of drug-likeness (QED) is 0.386. The van der Waals surface area contributed by atoms with Crippen LogP contribution in [0.15, 0.2) is 54.7 Å². The second kappa shape index (κ2) is 8.93. The first-order valence-electron chi connectivity index (χ1n) is 10.1. The zero-order valence-corrected chi connectivity index (χ0v) is 19.1. The summed E-state index contributed by atoms with van der Waals surface area (Å²) in [4.78, 5) is 8.99. The predicted molar refractivity (Wildman–Crippen MR) is 127 cm³/mol. The van der Waals surface area contributed by atoms with Gasteiger partial charge in [0.15, 0.2) is 11.5 Å². The Bertz CT molecular complexity index is 1290. The molecular formula is C25H24ClN3O3. The molecule has 0 saturated heterocycles. The van der Waals surface area contributed by atoms with Gasteiger partial charge >= 0.3 is 0 Å². The van der Waals surface area contributed by atoms with E-state index in [-0.39, 0.29) is 5.75 Å². The van der Waals surface area contributed by atoms with Crippen LogP contribution in [0.5, 0.6) is 17.2 Å². The van der Waals surface area contributed by atoms with E-state index < -0.39 is 6.04 Å². The van der Waals surface area contributed by atoms with Gasteiger partial charge < -0.3 is 19.9 Å². The van der Waals surface area contributed by atoms with Gasteiger partial charge in [0.05, 0.1) is 25.3 Å². The van der Waals surface area contributed by atoms with Crippen LogP contribution in [0.1, 0.15) is 28.4 Å². The van der Waals surface area contributed by atoms with Gasteiger partial charge in [0.2, 0.25) is 0 Å². The normalized spacial score (nSPS) is 11.9. The monoisotopic (exact) mass is 449 g/mol. The smallest absolute Gasteiger partial charge is 0.179 e. The number of benzene rings is 2. The van der Waals surface area contributed by atoms with Crippen molar-refractivity contribution in [3.05, 3.63) is 82.1 Å². The molecule has 2 aromatic carbocycles. The van der Waals surface area contributed by atoms with Gasteiger partial charge in [-0.1, -0.05) is 29.8 Å². The molecule has 32 heavy (non-hydrogen) atoms. The minimum Gasteiger partial charge on any atom is -0.505 e. The fourth-order valence-electron chi connectivity index (χ4n) is 3.73. The molecular weight excluding hydrogens is 426 g/mol. The number of methoxy groups -OCH3 is 2.